The van der Waals surface area contributed by atoms with Crippen molar-refractivity contribution in [3.8, 4) is 9.88 Å². The summed E-state index contributed by atoms with van der Waals surface area (Å²) in [6, 6.07) is 14.6. The van der Waals surface area contributed by atoms with E-state index in [9.17, 15) is 0 Å². The monoisotopic (exact) mass is 301 g/mol. The molecule has 0 saturated carbocycles. The maximum Gasteiger partial charge on any atom is 0.157 e. The maximum atomic E-state index is 4.38. The number of nitrogens with one attached hydrogen (secondary N) is 1. The summed E-state index contributed by atoms with van der Waals surface area (Å²) in [5, 5.41) is 16.3. The van der Waals surface area contributed by atoms with Crippen LogP contribution in [0.1, 0.15) is 23.5 Å². The number of aromatic nitrogens is 2. The fourth-order valence-electron chi connectivity index (χ4n) is 2.05. The lowest BCUT2D eigenvalue weighted by Gasteiger charge is -2.14. The topological polar surface area (TPSA) is 37.8 Å². The van der Waals surface area contributed by atoms with Crippen LogP contribution in [0.25, 0.3) is 9.88 Å². The maximum absolute atomic E-state index is 4.38. The quantitative estimate of drug-likeness (QED) is 0.775. The Labute approximate surface area is 126 Å². The van der Waals surface area contributed by atoms with E-state index in [1.807, 2.05) is 12.1 Å². The minimum absolute atomic E-state index is 0.118. The Hall–Kier alpha value is -1.56. The van der Waals surface area contributed by atoms with E-state index >= 15 is 0 Å². The third-order valence-electron chi connectivity index (χ3n) is 2.96. The molecule has 0 aliphatic carbocycles. The molecule has 0 aliphatic heterocycles. The first-order chi connectivity index (χ1) is 9.88. The summed E-state index contributed by atoms with van der Waals surface area (Å²) in [6.07, 6.45) is 0. The molecule has 2 heterocycles. The lowest BCUT2D eigenvalue weighted by Crippen LogP contribution is -2.21. The van der Waals surface area contributed by atoms with Gasteiger partial charge in [-0.05, 0) is 23.6 Å². The van der Waals surface area contributed by atoms with Crippen molar-refractivity contribution in [1.82, 2.24) is 15.5 Å². The first-order valence-electron chi connectivity index (χ1n) is 6.54. The van der Waals surface area contributed by atoms with Gasteiger partial charge >= 0.3 is 0 Å². The standard InChI is InChI=1S/C15H15N3S2/c1-2-16-13(11-7-4-3-5-8-11)15-18-17-14(20-15)12-9-6-10-19-12/h3-10,13,16H,2H2,1H3. The van der Waals surface area contributed by atoms with E-state index in [1.54, 1.807) is 22.7 Å². The first-order valence-corrected chi connectivity index (χ1v) is 8.23. The van der Waals surface area contributed by atoms with Gasteiger partial charge in [0.05, 0.1) is 10.9 Å². The van der Waals surface area contributed by atoms with E-state index in [-0.39, 0.29) is 6.04 Å². The van der Waals surface area contributed by atoms with Gasteiger partial charge in [-0.2, -0.15) is 0 Å². The fraction of sp³-hybridized carbons (Fsp3) is 0.200. The van der Waals surface area contributed by atoms with Crippen molar-refractivity contribution in [3.63, 3.8) is 0 Å². The smallest absolute Gasteiger partial charge is 0.157 e. The molecule has 5 heteroatoms. The zero-order valence-electron chi connectivity index (χ0n) is 11.1. The van der Waals surface area contributed by atoms with E-state index < -0.39 is 0 Å². The molecule has 1 N–H and O–H groups in total. The molecule has 2 aromatic heterocycles. The molecule has 0 radical (unpaired) electrons. The third-order valence-corrected chi connectivity index (χ3v) is 4.99. The molecule has 0 spiro atoms. The van der Waals surface area contributed by atoms with Gasteiger partial charge in [0.15, 0.2) is 5.01 Å². The van der Waals surface area contributed by atoms with E-state index in [0.29, 0.717) is 0 Å². The Kier molecular flexibility index (Phi) is 4.20. The number of thiophene rings is 1. The molecule has 0 bridgehead atoms. The fourth-order valence-corrected chi connectivity index (χ4v) is 3.79. The minimum atomic E-state index is 0.118. The van der Waals surface area contributed by atoms with E-state index in [4.69, 9.17) is 0 Å². The summed E-state index contributed by atoms with van der Waals surface area (Å²) in [5.74, 6) is 0. The Morgan fingerprint density at radius 2 is 1.95 bits per heavy atom. The molecule has 0 fully saturated rings. The summed E-state index contributed by atoms with van der Waals surface area (Å²) in [5.41, 5.74) is 1.23. The lowest BCUT2D eigenvalue weighted by atomic mass is 10.1. The van der Waals surface area contributed by atoms with Crippen LogP contribution in [0.15, 0.2) is 47.8 Å². The molecule has 20 heavy (non-hydrogen) atoms. The van der Waals surface area contributed by atoms with Gasteiger partial charge in [-0.15, -0.1) is 21.5 Å². The van der Waals surface area contributed by atoms with Crippen LogP contribution in [0.2, 0.25) is 0 Å². The molecule has 102 valence electrons. The van der Waals surface area contributed by atoms with Gasteiger partial charge < -0.3 is 5.32 Å². The van der Waals surface area contributed by atoms with Crippen LogP contribution in [-0.4, -0.2) is 16.7 Å². The van der Waals surface area contributed by atoms with Crippen LogP contribution in [0.4, 0.5) is 0 Å². The highest BCUT2D eigenvalue weighted by atomic mass is 32.1. The summed E-state index contributed by atoms with van der Waals surface area (Å²) in [6.45, 7) is 3.00. The second-order valence-corrected chi connectivity index (χ2v) is 6.28. The van der Waals surface area contributed by atoms with E-state index in [0.717, 1.165) is 16.6 Å². The molecule has 0 saturated heterocycles. The van der Waals surface area contributed by atoms with Crippen molar-refractivity contribution in [2.24, 2.45) is 0 Å². The molecule has 3 aromatic rings. The largest absolute Gasteiger partial charge is 0.304 e. The highest BCUT2D eigenvalue weighted by molar-refractivity contribution is 7.20. The Morgan fingerprint density at radius 3 is 2.65 bits per heavy atom. The average molecular weight is 301 g/mol. The molecule has 0 amide bonds. The lowest BCUT2D eigenvalue weighted by molar-refractivity contribution is 0.621. The number of benzene rings is 1. The predicted octanol–water partition coefficient (Wildman–Crippen LogP) is 3.97. The Bertz CT molecular complexity index is 647. The Morgan fingerprint density at radius 1 is 1.10 bits per heavy atom. The van der Waals surface area contributed by atoms with Gasteiger partial charge in [-0.3, -0.25) is 0 Å². The van der Waals surface area contributed by atoms with Crippen LogP contribution in [-0.2, 0) is 0 Å². The highest BCUT2D eigenvalue weighted by Gasteiger charge is 2.18. The van der Waals surface area contributed by atoms with Crippen LogP contribution in [0.5, 0.6) is 0 Å². The number of hydrogen-bond donors (Lipinski definition) is 1. The molecule has 1 unspecified atom stereocenters. The molecule has 3 nitrogen and oxygen atoms in total. The van der Waals surface area contributed by atoms with Gasteiger partial charge in [-0.25, -0.2) is 0 Å². The average Bonchev–Trinajstić information content (AvgIpc) is 3.16. The van der Waals surface area contributed by atoms with Crippen LogP contribution in [0, 0.1) is 0 Å². The number of rotatable bonds is 5. The SMILES string of the molecule is CCNC(c1ccccc1)c1nnc(-c2cccs2)s1. The summed E-state index contributed by atoms with van der Waals surface area (Å²) in [7, 11) is 0. The number of hydrogen-bond acceptors (Lipinski definition) is 5. The van der Waals surface area contributed by atoms with E-state index in [1.165, 1.54) is 10.4 Å². The van der Waals surface area contributed by atoms with Gasteiger partial charge in [0.25, 0.3) is 0 Å². The summed E-state index contributed by atoms with van der Waals surface area (Å²) >= 11 is 3.36. The van der Waals surface area contributed by atoms with Gasteiger partial charge in [-0.1, -0.05) is 54.7 Å². The molecule has 1 atom stereocenters. The van der Waals surface area contributed by atoms with Gasteiger partial charge in [0.1, 0.15) is 5.01 Å². The van der Waals surface area contributed by atoms with E-state index in [2.05, 4.69) is 58.1 Å². The highest BCUT2D eigenvalue weighted by Crippen LogP contribution is 2.32. The zero-order valence-corrected chi connectivity index (χ0v) is 12.7. The minimum Gasteiger partial charge on any atom is -0.304 e. The summed E-state index contributed by atoms with van der Waals surface area (Å²) in [4.78, 5) is 1.18. The predicted molar refractivity (Wildman–Crippen MR) is 85.2 cm³/mol. The normalized spacial score (nSPS) is 12.4. The van der Waals surface area contributed by atoms with Crippen molar-refractivity contribution in [2.45, 2.75) is 13.0 Å². The molecular weight excluding hydrogens is 286 g/mol. The van der Waals surface area contributed by atoms with Crippen LogP contribution >= 0.6 is 22.7 Å². The van der Waals surface area contributed by atoms with Crippen LogP contribution < -0.4 is 5.32 Å². The van der Waals surface area contributed by atoms with Crippen molar-refractivity contribution in [1.29, 1.82) is 0 Å². The second-order valence-electron chi connectivity index (χ2n) is 4.32. The van der Waals surface area contributed by atoms with Gasteiger partial charge in [0, 0.05) is 0 Å². The Balaban J connectivity index is 1.92. The van der Waals surface area contributed by atoms with Crippen molar-refractivity contribution < 1.29 is 0 Å². The van der Waals surface area contributed by atoms with Gasteiger partial charge in [0.2, 0.25) is 0 Å². The third kappa shape index (κ3) is 2.80. The second kappa shape index (κ2) is 6.26. The van der Waals surface area contributed by atoms with Crippen molar-refractivity contribution in [2.75, 3.05) is 6.54 Å². The molecular formula is C15H15N3S2. The molecule has 3 rings (SSSR count). The van der Waals surface area contributed by atoms with Crippen LogP contribution in [0.3, 0.4) is 0 Å². The van der Waals surface area contributed by atoms with Crippen molar-refractivity contribution in [3.05, 3.63) is 58.4 Å². The van der Waals surface area contributed by atoms with Crippen molar-refractivity contribution >= 4 is 22.7 Å². The number of nitrogens with zero attached hydrogens (tertiary/aromatic N) is 2. The summed E-state index contributed by atoms with van der Waals surface area (Å²) < 4.78 is 0. The zero-order chi connectivity index (χ0) is 13.8. The first kappa shape index (κ1) is 13.4. The molecule has 1 aromatic carbocycles. The molecule has 0 aliphatic rings.